The molecule has 1 saturated carbocycles. The lowest BCUT2D eigenvalue weighted by molar-refractivity contribution is -0.137. The number of piperidine rings is 1. The van der Waals surface area contributed by atoms with Gasteiger partial charge in [-0.25, -0.2) is 4.79 Å². The molecule has 1 aromatic carbocycles. The van der Waals surface area contributed by atoms with E-state index in [2.05, 4.69) is 32.6 Å². The number of urea groups is 1. The first-order valence-electron chi connectivity index (χ1n) is 10.3. The molecule has 5 rings (SSSR count). The van der Waals surface area contributed by atoms with Crippen molar-refractivity contribution in [2.24, 2.45) is 5.92 Å². The second-order valence-electron chi connectivity index (χ2n) is 8.55. The number of carbonyl (C=O) groups is 1. The van der Waals surface area contributed by atoms with Crippen LogP contribution in [-0.2, 0) is 11.7 Å². The third-order valence-electron chi connectivity index (χ3n) is 6.14. The largest absolute Gasteiger partial charge is 0.423 e. The number of anilines is 1. The lowest BCUT2D eigenvalue weighted by Gasteiger charge is -2.61. The number of hydrogen-bond acceptors (Lipinski definition) is 6. The minimum atomic E-state index is -4.65. The first kappa shape index (κ1) is 21.7. The van der Waals surface area contributed by atoms with Gasteiger partial charge in [0.1, 0.15) is 5.54 Å². The predicted molar refractivity (Wildman–Crippen MR) is 110 cm³/mol. The number of nitrogens with one attached hydrogen (secondary N) is 1. The highest BCUT2D eigenvalue weighted by atomic mass is 35.5. The summed E-state index contributed by atoms with van der Waals surface area (Å²) in [5, 5.41) is 18.3. The van der Waals surface area contributed by atoms with Gasteiger partial charge in [-0.15, -0.1) is 20.1 Å². The molecule has 2 aromatic heterocycles. The van der Waals surface area contributed by atoms with Crippen molar-refractivity contribution in [2.75, 3.05) is 5.32 Å². The van der Waals surface area contributed by atoms with Crippen molar-refractivity contribution >= 4 is 23.3 Å². The number of hydrogen-bond donors (Lipinski definition) is 1. The quantitative estimate of drug-likeness (QED) is 0.588. The summed E-state index contributed by atoms with van der Waals surface area (Å²) in [6.07, 6.45) is -1.35. The van der Waals surface area contributed by atoms with E-state index >= 15 is 0 Å². The number of aromatic nitrogens is 5. The average molecular weight is 482 g/mol. The summed E-state index contributed by atoms with van der Waals surface area (Å²) in [5.41, 5.74) is -1.88. The number of rotatable bonds is 3. The monoisotopic (exact) mass is 481 g/mol. The highest BCUT2D eigenvalue weighted by Crippen LogP contribution is 2.55. The second-order valence-corrected chi connectivity index (χ2v) is 8.93. The molecule has 3 unspecified atom stereocenters. The zero-order valence-corrected chi connectivity index (χ0v) is 18.4. The van der Waals surface area contributed by atoms with Crippen molar-refractivity contribution in [2.45, 2.75) is 50.9 Å². The number of carbonyl (C=O) groups excluding carboxylic acids is 1. The normalized spacial score (nSPS) is 24.5. The number of aryl methyl sites for hydroxylation is 1. The molecule has 1 aliphatic heterocycles. The molecule has 1 aliphatic carbocycles. The number of fused-ring (bicyclic) bond motifs is 2. The smallest absolute Gasteiger partial charge is 0.418 e. The highest BCUT2D eigenvalue weighted by molar-refractivity contribution is 6.29. The summed E-state index contributed by atoms with van der Waals surface area (Å²) in [7, 11) is 0. The molecular formula is C20H19ClF3N7O2. The Bertz CT molecular complexity index is 1230. The third kappa shape index (κ3) is 3.62. The van der Waals surface area contributed by atoms with E-state index in [4.69, 9.17) is 16.0 Å². The van der Waals surface area contributed by atoms with E-state index in [9.17, 15) is 18.0 Å². The number of benzene rings is 1. The lowest BCUT2D eigenvalue weighted by atomic mass is 9.64. The molecule has 2 amide bonds. The van der Waals surface area contributed by atoms with E-state index in [1.807, 2.05) is 0 Å². The molecule has 33 heavy (non-hydrogen) atoms. The Morgan fingerprint density at radius 1 is 1.30 bits per heavy atom. The molecule has 3 heterocycles. The SMILES string of the molecule is Cc1nnc(C23CC(C)CC(C2)N3C(=O)Nc2ccc(C(F)(F)F)c(-n3ncc(Cl)n3)c2)o1. The van der Waals surface area contributed by atoms with E-state index < -0.39 is 23.3 Å². The fourth-order valence-electron chi connectivity index (χ4n) is 4.99. The maximum Gasteiger partial charge on any atom is 0.418 e. The van der Waals surface area contributed by atoms with E-state index in [0.29, 0.717) is 30.5 Å². The Kier molecular flexibility index (Phi) is 4.89. The van der Waals surface area contributed by atoms with Crippen LogP contribution in [0.4, 0.5) is 23.7 Å². The van der Waals surface area contributed by atoms with Gasteiger partial charge in [0.05, 0.1) is 17.4 Å². The Balaban J connectivity index is 1.46. The molecule has 2 aliphatic rings. The topological polar surface area (TPSA) is 102 Å². The van der Waals surface area contributed by atoms with Crippen LogP contribution in [0.25, 0.3) is 5.69 Å². The van der Waals surface area contributed by atoms with Crippen molar-refractivity contribution in [1.29, 1.82) is 0 Å². The van der Waals surface area contributed by atoms with Crippen LogP contribution in [0.2, 0.25) is 5.15 Å². The molecule has 13 heteroatoms. The van der Waals surface area contributed by atoms with Gasteiger partial charge < -0.3 is 14.6 Å². The van der Waals surface area contributed by atoms with E-state index in [-0.39, 0.29) is 22.6 Å². The average Bonchev–Trinajstić information content (AvgIpc) is 3.35. The summed E-state index contributed by atoms with van der Waals surface area (Å²) in [4.78, 5) is 15.7. The van der Waals surface area contributed by atoms with Crippen LogP contribution in [0, 0.1) is 12.8 Å². The maximum absolute atomic E-state index is 13.5. The van der Waals surface area contributed by atoms with Crippen LogP contribution in [0.5, 0.6) is 0 Å². The van der Waals surface area contributed by atoms with Crippen LogP contribution in [0.15, 0.2) is 28.8 Å². The van der Waals surface area contributed by atoms with Crippen LogP contribution < -0.4 is 5.32 Å². The molecule has 0 spiro atoms. The summed E-state index contributed by atoms with van der Waals surface area (Å²) in [6.45, 7) is 3.78. The molecule has 3 atom stereocenters. The first-order chi connectivity index (χ1) is 15.6. The van der Waals surface area contributed by atoms with Crippen molar-refractivity contribution in [3.63, 3.8) is 0 Å². The van der Waals surface area contributed by atoms with Gasteiger partial charge in [0.2, 0.25) is 11.8 Å². The summed E-state index contributed by atoms with van der Waals surface area (Å²) in [5.74, 6) is 1.13. The fraction of sp³-hybridized carbons (Fsp3) is 0.450. The highest BCUT2D eigenvalue weighted by Gasteiger charge is 2.62. The van der Waals surface area contributed by atoms with E-state index in [0.717, 1.165) is 23.5 Å². The van der Waals surface area contributed by atoms with Gasteiger partial charge in [-0.3, -0.25) is 0 Å². The minimum Gasteiger partial charge on any atom is -0.423 e. The Labute approximate surface area is 190 Å². The number of nitrogens with zero attached hydrogens (tertiary/aromatic N) is 6. The summed E-state index contributed by atoms with van der Waals surface area (Å²) in [6, 6.07) is 2.75. The van der Waals surface area contributed by atoms with Crippen molar-refractivity contribution < 1.29 is 22.4 Å². The van der Waals surface area contributed by atoms with Gasteiger partial charge in [-0.1, -0.05) is 18.5 Å². The summed E-state index contributed by atoms with van der Waals surface area (Å²) >= 11 is 5.74. The fourth-order valence-corrected chi connectivity index (χ4v) is 5.11. The number of likely N-dealkylation sites (tertiary alicyclic amines) is 1. The van der Waals surface area contributed by atoms with Gasteiger partial charge in [-0.05, 0) is 37.0 Å². The third-order valence-corrected chi connectivity index (χ3v) is 6.31. The molecule has 1 N–H and O–H groups in total. The molecular weight excluding hydrogens is 463 g/mol. The Morgan fingerprint density at radius 3 is 2.73 bits per heavy atom. The van der Waals surface area contributed by atoms with Crippen molar-refractivity contribution in [3.8, 4) is 5.69 Å². The number of amides is 2. The Morgan fingerprint density at radius 2 is 2.09 bits per heavy atom. The zero-order chi connectivity index (χ0) is 23.5. The first-order valence-corrected chi connectivity index (χ1v) is 10.6. The van der Waals surface area contributed by atoms with Crippen LogP contribution >= 0.6 is 11.6 Å². The van der Waals surface area contributed by atoms with Gasteiger partial charge in [0.15, 0.2) is 5.15 Å². The Hall–Kier alpha value is -3.15. The minimum absolute atomic E-state index is 0.0264. The van der Waals surface area contributed by atoms with Gasteiger partial charge in [0.25, 0.3) is 0 Å². The van der Waals surface area contributed by atoms with Crippen LogP contribution in [0.1, 0.15) is 43.5 Å². The van der Waals surface area contributed by atoms with Gasteiger partial charge in [-0.2, -0.15) is 18.3 Å². The predicted octanol–water partition coefficient (Wildman–Crippen LogP) is 4.56. The van der Waals surface area contributed by atoms with Crippen molar-refractivity contribution in [1.82, 2.24) is 30.1 Å². The number of halogens is 4. The van der Waals surface area contributed by atoms with Crippen molar-refractivity contribution in [3.05, 3.63) is 46.9 Å². The molecule has 0 radical (unpaired) electrons. The second kappa shape index (κ2) is 7.44. The van der Waals surface area contributed by atoms with E-state index in [1.54, 1.807) is 11.8 Å². The molecule has 1 saturated heterocycles. The number of alkyl halides is 3. The van der Waals surface area contributed by atoms with Gasteiger partial charge >= 0.3 is 12.2 Å². The summed E-state index contributed by atoms with van der Waals surface area (Å²) < 4.78 is 46.3. The molecule has 2 fully saturated rings. The molecule has 3 aromatic rings. The molecule has 9 nitrogen and oxygen atoms in total. The van der Waals surface area contributed by atoms with E-state index in [1.165, 1.54) is 12.1 Å². The lowest BCUT2D eigenvalue weighted by Crippen LogP contribution is -2.70. The molecule has 174 valence electrons. The molecule has 2 bridgehead atoms. The maximum atomic E-state index is 13.5. The standard InChI is InChI=1S/C20H19ClF3N7O2/c1-10-5-13-8-19(7-10,17-28-27-11(2)33-17)30(13)18(32)26-12-3-4-14(20(22,23)24)15(6-12)31-25-9-16(21)29-31/h3-4,6,9-10,13H,5,7-8H2,1-2H3,(H,26,32). The van der Waals surface area contributed by atoms with Crippen LogP contribution in [0.3, 0.4) is 0 Å². The van der Waals surface area contributed by atoms with Crippen LogP contribution in [-0.4, -0.2) is 42.2 Å². The zero-order valence-electron chi connectivity index (χ0n) is 17.6. The van der Waals surface area contributed by atoms with Gasteiger partial charge in [0, 0.05) is 25.1 Å².